The first-order valence-corrected chi connectivity index (χ1v) is 7.45. The molecule has 1 unspecified atom stereocenters. The highest BCUT2D eigenvalue weighted by Crippen LogP contribution is 2.33. The van der Waals surface area contributed by atoms with Gasteiger partial charge >= 0.3 is 0 Å². The standard InChI is InChI=1S/C15H15FN2OS/c16-12-8-9(17)4-5-10(12)15(19)18-13-2-1-3-14-11(13)6-7-20-14/h4-8,13H,1-3,17H2,(H,18,19). The monoisotopic (exact) mass is 290 g/mol. The summed E-state index contributed by atoms with van der Waals surface area (Å²) in [5.74, 6) is -0.963. The summed E-state index contributed by atoms with van der Waals surface area (Å²) in [4.78, 5) is 13.5. The van der Waals surface area contributed by atoms with Gasteiger partial charge in [0.1, 0.15) is 5.82 Å². The van der Waals surface area contributed by atoms with Crippen molar-refractivity contribution in [2.24, 2.45) is 0 Å². The summed E-state index contributed by atoms with van der Waals surface area (Å²) in [6.07, 6.45) is 3.00. The van der Waals surface area contributed by atoms with Crippen LogP contribution in [-0.4, -0.2) is 5.91 Å². The molecule has 5 heteroatoms. The number of nitrogens with one attached hydrogen (secondary N) is 1. The van der Waals surface area contributed by atoms with Crippen LogP contribution in [0.3, 0.4) is 0 Å². The van der Waals surface area contributed by atoms with Crippen molar-refractivity contribution in [3.8, 4) is 0 Å². The number of carbonyl (C=O) groups is 1. The number of benzene rings is 1. The van der Waals surface area contributed by atoms with Gasteiger partial charge < -0.3 is 11.1 Å². The van der Waals surface area contributed by atoms with Gasteiger partial charge in [-0.1, -0.05) is 0 Å². The fraction of sp³-hybridized carbons (Fsp3) is 0.267. The van der Waals surface area contributed by atoms with E-state index in [0.717, 1.165) is 19.3 Å². The number of amides is 1. The fourth-order valence-corrected chi connectivity index (χ4v) is 3.58. The average molecular weight is 290 g/mol. The van der Waals surface area contributed by atoms with E-state index >= 15 is 0 Å². The number of nitrogens with two attached hydrogens (primary N) is 1. The van der Waals surface area contributed by atoms with E-state index in [9.17, 15) is 9.18 Å². The van der Waals surface area contributed by atoms with Gasteiger partial charge in [0.15, 0.2) is 0 Å². The zero-order chi connectivity index (χ0) is 14.1. The van der Waals surface area contributed by atoms with Gasteiger partial charge in [0.25, 0.3) is 5.91 Å². The van der Waals surface area contributed by atoms with Gasteiger partial charge in [-0.05, 0) is 54.5 Å². The average Bonchev–Trinajstić information content (AvgIpc) is 2.87. The number of thiophene rings is 1. The Morgan fingerprint density at radius 1 is 1.40 bits per heavy atom. The number of anilines is 1. The van der Waals surface area contributed by atoms with Gasteiger partial charge in [-0.25, -0.2) is 4.39 Å². The molecule has 0 aliphatic heterocycles. The largest absolute Gasteiger partial charge is 0.399 e. The van der Waals surface area contributed by atoms with Crippen LogP contribution in [0.4, 0.5) is 10.1 Å². The molecule has 1 aromatic carbocycles. The molecule has 104 valence electrons. The van der Waals surface area contributed by atoms with Crippen LogP contribution < -0.4 is 11.1 Å². The molecule has 1 aliphatic carbocycles. The lowest BCUT2D eigenvalue weighted by Crippen LogP contribution is -2.31. The summed E-state index contributed by atoms with van der Waals surface area (Å²) in [6.45, 7) is 0. The van der Waals surface area contributed by atoms with Gasteiger partial charge in [-0.15, -0.1) is 11.3 Å². The Morgan fingerprint density at radius 3 is 3.05 bits per heavy atom. The summed E-state index contributed by atoms with van der Waals surface area (Å²) in [5, 5.41) is 4.97. The molecule has 1 atom stereocenters. The van der Waals surface area contributed by atoms with E-state index in [2.05, 4.69) is 5.32 Å². The van der Waals surface area contributed by atoms with E-state index in [4.69, 9.17) is 5.73 Å². The molecule has 0 saturated heterocycles. The van der Waals surface area contributed by atoms with E-state index in [1.165, 1.54) is 28.6 Å². The highest BCUT2D eigenvalue weighted by atomic mass is 32.1. The Balaban J connectivity index is 1.81. The molecule has 1 amide bonds. The van der Waals surface area contributed by atoms with Crippen LogP contribution in [0.1, 0.15) is 39.7 Å². The molecule has 0 radical (unpaired) electrons. The number of aryl methyl sites for hydroxylation is 1. The molecule has 0 bridgehead atoms. The Kier molecular flexibility index (Phi) is 3.44. The molecule has 0 saturated carbocycles. The summed E-state index contributed by atoms with van der Waals surface area (Å²) in [5.41, 5.74) is 7.02. The zero-order valence-electron chi connectivity index (χ0n) is 10.9. The van der Waals surface area contributed by atoms with Gasteiger partial charge in [-0.2, -0.15) is 0 Å². The summed E-state index contributed by atoms with van der Waals surface area (Å²) >= 11 is 1.72. The van der Waals surface area contributed by atoms with Gasteiger partial charge in [0.05, 0.1) is 11.6 Å². The number of halogens is 1. The van der Waals surface area contributed by atoms with Crippen molar-refractivity contribution in [2.75, 3.05) is 5.73 Å². The van der Waals surface area contributed by atoms with Gasteiger partial charge in [0, 0.05) is 10.6 Å². The third kappa shape index (κ3) is 2.41. The minimum Gasteiger partial charge on any atom is -0.399 e. The van der Waals surface area contributed by atoms with Crippen LogP contribution in [0.2, 0.25) is 0 Å². The summed E-state index contributed by atoms with van der Waals surface area (Å²) in [6, 6.07) is 6.16. The number of hydrogen-bond acceptors (Lipinski definition) is 3. The number of carbonyl (C=O) groups excluding carboxylic acids is 1. The molecule has 0 fully saturated rings. The van der Waals surface area contributed by atoms with Crippen LogP contribution >= 0.6 is 11.3 Å². The third-order valence-corrected chi connectivity index (χ3v) is 4.59. The number of rotatable bonds is 2. The maximum atomic E-state index is 13.8. The number of fused-ring (bicyclic) bond motifs is 1. The first-order valence-electron chi connectivity index (χ1n) is 6.57. The maximum absolute atomic E-state index is 13.8. The fourth-order valence-electron chi connectivity index (χ4n) is 2.59. The number of nitrogen functional groups attached to an aromatic ring is 1. The van der Waals surface area contributed by atoms with E-state index in [-0.39, 0.29) is 17.5 Å². The highest BCUT2D eigenvalue weighted by molar-refractivity contribution is 7.10. The van der Waals surface area contributed by atoms with Crippen LogP contribution in [0, 0.1) is 5.82 Å². The Bertz CT molecular complexity index is 653. The van der Waals surface area contributed by atoms with Crippen molar-refractivity contribution in [1.29, 1.82) is 0 Å². The highest BCUT2D eigenvalue weighted by Gasteiger charge is 2.24. The molecule has 1 heterocycles. The van der Waals surface area contributed by atoms with Crippen molar-refractivity contribution in [1.82, 2.24) is 5.32 Å². The smallest absolute Gasteiger partial charge is 0.254 e. The molecule has 3 rings (SSSR count). The summed E-state index contributed by atoms with van der Waals surface area (Å²) < 4.78 is 13.8. The van der Waals surface area contributed by atoms with E-state index < -0.39 is 5.82 Å². The lowest BCUT2D eigenvalue weighted by Gasteiger charge is -2.23. The first-order chi connectivity index (χ1) is 9.65. The van der Waals surface area contributed by atoms with Crippen LogP contribution in [0.5, 0.6) is 0 Å². The SMILES string of the molecule is Nc1ccc(C(=O)NC2CCCc3sccc32)c(F)c1. The Hall–Kier alpha value is -1.88. The second-order valence-corrected chi connectivity index (χ2v) is 5.96. The van der Waals surface area contributed by atoms with E-state index in [1.54, 1.807) is 11.3 Å². The van der Waals surface area contributed by atoms with E-state index in [1.807, 2.05) is 11.4 Å². The minimum atomic E-state index is -0.580. The second-order valence-electron chi connectivity index (χ2n) is 4.96. The molecule has 0 spiro atoms. The lowest BCUT2D eigenvalue weighted by molar-refractivity contribution is 0.0929. The molecular formula is C15H15FN2OS. The van der Waals surface area contributed by atoms with Crippen LogP contribution in [0.15, 0.2) is 29.6 Å². The second kappa shape index (κ2) is 5.25. The topological polar surface area (TPSA) is 55.1 Å². The van der Waals surface area contributed by atoms with Gasteiger partial charge in [0.2, 0.25) is 0 Å². The zero-order valence-corrected chi connectivity index (χ0v) is 11.7. The van der Waals surface area contributed by atoms with Crippen molar-refractivity contribution < 1.29 is 9.18 Å². The molecule has 20 heavy (non-hydrogen) atoms. The molecule has 1 aliphatic rings. The van der Waals surface area contributed by atoms with Crippen molar-refractivity contribution >= 4 is 22.9 Å². The quantitative estimate of drug-likeness (QED) is 0.834. The van der Waals surface area contributed by atoms with Crippen molar-refractivity contribution in [2.45, 2.75) is 25.3 Å². The Morgan fingerprint density at radius 2 is 2.25 bits per heavy atom. The van der Waals surface area contributed by atoms with Crippen LogP contribution in [-0.2, 0) is 6.42 Å². The third-order valence-electron chi connectivity index (χ3n) is 3.60. The normalized spacial score (nSPS) is 17.6. The molecule has 1 aromatic heterocycles. The summed E-state index contributed by atoms with van der Waals surface area (Å²) in [7, 11) is 0. The Labute approximate surface area is 120 Å². The minimum absolute atomic E-state index is 0.0190. The molecule has 2 aromatic rings. The maximum Gasteiger partial charge on any atom is 0.254 e. The van der Waals surface area contributed by atoms with Crippen molar-refractivity contribution in [3.05, 3.63) is 51.5 Å². The van der Waals surface area contributed by atoms with Crippen molar-refractivity contribution in [3.63, 3.8) is 0 Å². The predicted octanol–water partition coefficient (Wildman–Crippen LogP) is 3.28. The van der Waals surface area contributed by atoms with E-state index in [0.29, 0.717) is 5.69 Å². The van der Waals surface area contributed by atoms with Gasteiger partial charge in [-0.3, -0.25) is 4.79 Å². The number of hydrogen-bond donors (Lipinski definition) is 2. The first kappa shape index (κ1) is 13.1. The molecule has 3 N–H and O–H groups in total. The molecular weight excluding hydrogens is 275 g/mol. The van der Waals surface area contributed by atoms with Crippen LogP contribution in [0.25, 0.3) is 0 Å². The predicted molar refractivity (Wildman–Crippen MR) is 78.3 cm³/mol. The molecule has 3 nitrogen and oxygen atoms in total. The lowest BCUT2D eigenvalue weighted by atomic mass is 9.94.